The molecule has 166 valence electrons. The van der Waals surface area contributed by atoms with E-state index in [1.807, 2.05) is 37.3 Å². The standard InChI is InChI=1S/C25H18BrClN2O4/c1-15-5-4-7-18(11-15)29-24(31)19(23(30)28-25(29)32)12-16-9-10-22(21(27)13-16)33-14-17-6-2-3-8-20(17)26/h2-13H,14H2,1H3,(H,28,30,32)/b19-12+. The molecule has 1 aliphatic heterocycles. The fourth-order valence-electron chi connectivity index (χ4n) is 3.32. The summed E-state index contributed by atoms with van der Waals surface area (Å²) in [4.78, 5) is 38.7. The van der Waals surface area contributed by atoms with E-state index in [9.17, 15) is 14.4 Å². The average Bonchev–Trinajstić information content (AvgIpc) is 2.77. The van der Waals surface area contributed by atoms with Gasteiger partial charge in [0.05, 0.1) is 10.7 Å². The normalized spacial score (nSPS) is 15.1. The van der Waals surface area contributed by atoms with Crippen molar-refractivity contribution >= 4 is 57.1 Å². The molecule has 1 heterocycles. The zero-order chi connectivity index (χ0) is 23.5. The summed E-state index contributed by atoms with van der Waals surface area (Å²) in [5.74, 6) is -1.01. The highest BCUT2D eigenvalue weighted by Crippen LogP contribution is 2.29. The third-order valence-electron chi connectivity index (χ3n) is 4.97. The number of barbiturate groups is 1. The Morgan fingerprint density at radius 3 is 2.55 bits per heavy atom. The van der Waals surface area contributed by atoms with Gasteiger partial charge in [0.2, 0.25) is 0 Å². The van der Waals surface area contributed by atoms with E-state index in [0.717, 1.165) is 20.5 Å². The van der Waals surface area contributed by atoms with Gasteiger partial charge in [-0.3, -0.25) is 14.9 Å². The number of hydrogen-bond donors (Lipinski definition) is 1. The molecule has 0 spiro atoms. The predicted octanol–water partition coefficient (Wildman–Crippen LogP) is 5.66. The van der Waals surface area contributed by atoms with Crippen LogP contribution in [0, 0.1) is 6.92 Å². The van der Waals surface area contributed by atoms with E-state index < -0.39 is 17.8 Å². The first-order valence-electron chi connectivity index (χ1n) is 9.97. The van der Waals surface area contributed by atoms with E-state index in [1.165, 1.54) is 6.08 Å². The predicted molar refractivity (Wildman–Crippen MR) is 130 cm³/mol. The summed E-state index contributed by atoms with van der Waals surface area (Å²) >= 11 is 9.85. The van der Waals surface area contributed by atoms with Crippen LogP contribution in [0.25, 0.3) is 6.08 Å². The van der Waals surface area contributed by atoms with Crippen LogP contribution in [0.3, 0.4) is 0 Å². The molecule has 1 saturated heterocycles. The molecule has 1 aliphatic rings. The van der Waals surface area contributed by atoms with E-state index in [0.29, 0.717) is 28.6 Å². The number of nitrogens with one attached hydrogen (secondary N) is 1. The maximum Gasteiger partial charge on any atom is 0.335 e. The summed E-state index contributed by atoms with van der Waals surface area (Å²) in [5.41, 5.74) is 2.56. The van der Waals surface area contributed by atoms with Crippen LogP contribution in [-0.4, -0.2) is 17.8 Å². The highest BCUT2D eigenvalue weighted by atomic mass is 79.9. The van der Waals surface area contributed by atoms with Crippen molar-refractivity contribution < 1.29 is 19.1 Å². The molecule has 1 fully saturated rings. The Morgan fingerprint density at radius 1 is 1.03 bits per heavy atom. The van der Waals surface area contributed by atoms with Gasteiger partial charge in [0.15, 0.2) is 0 Å². The number of benzene rings is 3. The third-order valence-corrected chi connectivity index (χ3v) is 6.04. The van der Waals surface area contributed by atoms with Gasteiger partial charge in [-0.1, -0.05) is 63.9 Å². The number of aryl methyl sites for hydroxylation is 1. The van der Waals surface area contributed by atoms with Crippen molar-refractivity contribution in [2.75, 3.05) is 4.90 Å². The van der Waals surface area contributed by atoms with Crippen LogP contribution in [0.15, 0.2) is 76.8 Å². The number of nitrogens with zero attached hydrogens (tertiary/aromatic N) is 1. The summed E-state index contributed by atoms with van der Waals surface area (Å²) < 4.78 is 6.74. The van der Waals surface area contributed by atoms with Crippen LogP contribution in [0.4, 0.5) is 10.5 Å². The van der Waals surface area contributed by atoms with Crippen molar-refractivity contribution in [3.63, 3.8) is 0 Å². The largest absolute Gasteiger partial charge is 0.487 e. The minimum absolute atomic E-state index is 0.172. The zero-order valence-corrected chi connectivity index (χ0v) is 19.8. The number of halogens is 2. The topological polar surface area (TPSA) is 75.7 Å². The first kappa shape index (κ1) is 22.8. The van der Waals surface area contributed by atoms with Gasteiger partial charge in [-0.2, -0.15) is 0 Å². The number of ether oxygens (including phenoxy) is 1. The summed E-state index contributed by atoms with van der Waals surface area (Å²) in [7, 11) is 0. The molecule has 3 aromatic carbocycles. The molecular weight excluding hydrogens is 508 g/mol. The molecular formula is C25H18BrClN2O4. The van der Waals surface area contributed by atoms with Crippen LogP contribution in [-0.2, 0) is 16.2 Å². The van der Waals surface area contributed by atoms with Gasteiger partial charge in [-0.05, 0) is 54.5 Å². The Bertz CT molecular complexity index is 1310. The quantitative estimate of drug-likeness (QED) is 0.345. The van der Waals surface area contributed by atoms with Gasteiger partial charge in [0, 0.05) is 10.0 Å². The van der Waals surface area contributed by atoms with E-state index in [4.69, 9.17) is 16.3 Å². The average molecular weight is 526 g/mol. The molecule has 0 aliphatic carbocycles. The maximum absolute atomic E-state index is 13.0. The summed E-state index contributed by atoms with van der Waals surface area (Å²) in [6.45, 7) is 2.16. The number of urea groups is 1. The van der Waals surface area contributed by atoms with Crippen molar-refractivity contribution in [1.82, 2.24) is 5.32 Å². The zero-order valence-electron chi connectivity index (χ0n) is 17.5. The first-order chi connectivity index (χ1) is 15.8. The van der Waals surface area contributed by atoms with Crippen LogP contribution in [0.1, 0.15) is 16.7 Å². The number of anilines is 1. The van der Waals surface area contributed by atoms with Crippen molar-refractivity contribution in [3.8, 4) is 5.75 Å². The van der Waals surface area contributed by atoms with E-state index in [2.05, 4.69) is 21.2 Å². The minimum Gasteiger partial charge on any atom is -0.487 e. The van der Waals surface area contributed by atoms with Gasteiger partial charge in [0.25, 0.3) is 11.8 Å². The van der Waals surface area contributed by atoms with E-state index in [1.54, 1.807) is 36.4 Å². The second-order valence-electron chi connectivity index (χ2n) is 7.37. The number of imide groups is 2. The molecule has 4 amide bonds. The van der Waals surface area contributed by atoms with Crippen LogP contribution in [0.5, 0.6) is 5.75 Å². The van der Waals surface area contributed by atoms with Crippen LogP contribution in [0.2, 0.25) is 5.02 Å². The molecule has 0 unspecified atom stereocenters. The van der Waals surface area contributed by atoms with Crippen molar-refractivity contribution in [1.29, 1.82) is 0 Å². The van der Waals surface area contributed by atoms with E-state index >= 15 is 0 Å². The molecule has 1 N–H and O–H groups in total. The minimum atomic E-state index is -0.790. The van der Waals surface area contributed by atoms with Crippen LogP contribution < -0.4 is 15.0 Å². The Hall–Kier alpha value is -3.42. The molecule has 0 atom stereocenters. The lowest BCUT2D eigenvalue weighted by Crippen LogP contribution is -2.54. The fraction of sp³-hybridized carbons (Fsp3) is 0.0800. The molecule has 8 heteroatoms. The first-order valence-corrected chi connectivity index (χ1v) is 11.1. The molecule has 6 nitrogen and oxygen atoms in total. The second-order valence-corrected chi connectivity index (χ2v) is 8.63. The number of amides is 4. The van der Waals surface area contributed by atoms with Crippen LogP contribution >= 0.6 is 27.5 Å². The highest BCUT2D eigenvalue weighted by Gasteiger charge is 2.36. The third kappa shape index (κ3) is 4.99. The van der Waals surface area contributed by atoms with Gasteiger partial charge < -0.3 is 4.74 Å². The summed E-state index contributed by atoms with van der Waals surface area (Å²) in [6.07, 6.45) is 1.40. The number of hydrogen-bond acceptors (Lipinski definition) is 4. The van der Waals surface area contributed by atoms with Crippen molar-refractivity contribution in [2.45, 2.75) is 13.5 Å². The van der Waals surface area contributed by atoms with Crippen molar-refractivity contribution in [3.05, 3.63) is 98.5 Å². The van der Waals surface area contributed by atoms with Gasteiger partial charge in [-0.25, -0.2) is 9.69 Å². The molecule has 33 heavy (non-hydrogen) atoms. The highest BCUT2D eigenvalue weighted by molar-refractivity contribution is 9.10. The number of rotatable bonds is 5. The lowest BCUT2D eigenvalue weighted by Gasteiger charge is -2.26. The SMILES string of the molecule is Cc1cccc(N2C(=O)NC(=O)/C(=C\c3ccc(OCc4ccccc4Br)c(Cl)c3)C2=O)c1. The molecule has 3 aromatic rings. The second kappa shape index (κ2) is 9.60. The van der Waals surface area contributed by atoms with E-state index in [-0.39, 0.29) is 5.57 Å². The molecule has 4 rings (SSSR count). The van der Waals surface area contributed by atoms with Gasteiger partial charge in [0.1, 0.15) is 17.9 Å². The monoisotopic (exact) mass is 524 g/mol. The summed E-state index contributed by atoms with van der Waals surface area (Å²) in [6, 6.07) is 18.7. The smallest absolute Gasteiger partial charge is 0.335 e. The Morgan fingerprint density at radius 2 is 1.82 bits per heavy atom. The van der Waals surface area contributed by atoms with Gasteiger partial charge >= 0.3 is 6.03 Å². The molecule has 0 aromatic heterocycles. The van der Waals surface area contributed by atoms with Gasteiger partial charge in [-0.15, -0.1) is 0 Å². The Labute approximate surface area is 203 Å². The molecule has 0 radical (unpaired) electrons. The number of carbonyl (C=O) groups is 3. The maximum atomic E-state index is 13.0. The lowest BCUT2D eigenvalue weighted by atomic mass is 10.1. The Balaban J connectivity index is 1.57. The number of carbonyl (C=O) groups excluding carboxylic acids is 3. The Kier molecular flexibility index (Phi) is 6.62. The van der Waals surface area contributed by atoms with Crippen molar-refractivity contribution in [2.24, 2.45) is 0 Å². The fourth-order valence-corrected chi connectivity index (χ4v) is 3.96. The summed E-state index contributed by atoms with van der Waals surface area (Å²) in [5, 5.41) is 2.54. The molecule has 0 bridgehead atoms. The molecule has 0 saturated carbocycles. The lowest BCUT2D eigenvalue weighted by molar-refractivity contribution is -0.122.